The van der Waals surface area contributed by atoms with E-state index in [2.05, 4.69) is 43.5 Å². The Labute approximate surface area is 98.2 Å². The van der Waals surface area contributed by atoms with Crippen LogP contribution in [0.4, 0.5) is 0 Å². The first kappa shape index (κ1) is 11.6. The summed E-state index contributed by atoms with van der Waals surface area (Å²) in [6.07, 6.45) is 3.93. The first-order valence-corrected chi connectivity index (χ1v) is 6.26. The molecule has 0 aliphatic heterocycles. The minimum Gasteiger partial charge on any atom is -0.271 e. The van der Waals surface area contributed by atoms with Gasteiger partial charge in [-0.25, -0.2) is 0 Å². The fraction of sp³-hybridized carbons (Fsp3) is 0.571. The maximum Gasteiger partial charge on any atom is 0.0462 e. The molecule has 88 valence electrons. The molecule has 2 rings (SSSR count). The lowest BCUT2D eigenvalue weighted by Gasteiger charge is -2.16. The average Bonchev–Trinajstić information content (AvgIpc) is 3.10. The number of nitrogens with two attached hydrogens (primary N) is 1. The molecule has 0 heterocycles. The molecule has 1 aliphatic rings. The summed E-state index contributed by atoms with van der Waals surface area (Å²) in [5.41, 5.74) is 5.65. The van der Waals surface area contributed by atoms with Crippen LogP contribution in [0.25, 0.3) is 0 Å². The van der Waals surface area contributed by atoms with E-state index in [-0.39, 0.29) is 0 Å². The van der Waals surface area contributed by atoms with Crippen molar-refractivity contribution in [2.75, 3.05) is 0 Å². The number of hydrazine groups is 1. The number of nitrogens with one attached hydrogen (secondary N) is 1. The van der Waals surface area contributed by atoms with E-state index in [9.17, 15) is 0 Å². The molecule has 1 saturated carbocycles. The molecule has 16 heavy (non-hydrogen) atoms. The van der Waals surface area contributed by atoms with Gasteiger partial charge in [0, 0.05) is 6.04 Å². The van der Waals surface area contributed by atoms with Crippen LogP contribution in [0.1, 0.15) is 56.2 Å². The maximum atomic E-state index is 5.63. The van der Waals surface area contributed by atoms with Crippen LogP contribution in [0.5, 0.6) is 0 Å². The molecule has 1 atom stereocenters. The number of hydrogen-bond donors (Lipinski definition) is 2. The van der Waals surface area contributed by atoms with Crippen LogP contribution in [0.2, 0.25) is 0 Å². The Morgan fingerprint density at radius 2 is 1.75 bits per heavy atom. The Morgan fingerprint density at radius 3 is 2.19 bits per heavy atom. The summed E-state index contributed by atoms with van der Waals surface area (Å²) in [4.78, 5) is 0. The van der Waals surface area contributed by atoms with E-state index in [1.807, 2.05) is 0 Å². The summed E-state index contributed by atoms with van der Waals surface area (Å²) in [7, 11) is 0. The Bertz CT molecular complexity index is 325. The lowest BCUT2D eigenvalue weighted by Crippen LogP contribution is -2.28. The topological polar surface area (TPSA) is 38.0 Å². The molecule has 0 amide bonds. The number of rotatable bonds is 5. The second-order valence-corrected chi connectivity index (χ2v) is 5.22. The van der Waals surface area contributed by atoms with Crippen molar-refractivity contribution < 1.29 is 0 Å². The highest BCUT2D eigenvalue weighted by atomic mass is 15.2. The molecule has 2 heteroatoms. The summed E-state index contributed by atoms with van der Waals surface area (Å²) in [6.45, 7) is 4.44. The van der Waals surface area contributed by atoms with Gasteiger partial charge >= 0.3 is 0 Å². The molecule has 1 aromatic carbocycles. The maximum absolute atomic E-state index is 5.63. The molecule has 1 unspecified atom stereocenters. The zero-order chi connectivity index (χ0) is 11.5. The normalized spacial score (nSPS) is 17.8. The predicted octanol–water partition coefficient (Wildman–Crippen LogP) is 3.11. The highest BCUT2D eigenvalue weighted by molar-refractivity contribution is 5.27. The summed E-state index contributed by atoms with van der Waals surface area (Å²) in [5.74, 6) is 7.12. The highest BCUT2D eigenvalue weighted by Gasteiger charge is 2.25. The molecule has 3 N–H and O–H groups in total. The van der Waals surface area contributed by atoms with Gasteiger partial charge < -0.3 is 0 Å². The van der Waals surface area contributed by atoms with Crippen molar-refractivity contribution in [1.82, 2.24) is 5.43 Å². The lowest BCUT2D eigenvalue weighted by molar-refractivity contribution is 0.487. The van der Waals surface area contributed by atoms with Crippen molar-refractivity contribution in [3.63, 3.8) is 0 Å². The average molecular weight is 218 g/mol. The standard InChI is InChI=1S/C14H22N2/c1-10(2)12-5-7-13(8-6-12)14(16-15)9-11-3-4-11/h5-8,10-11,14,16H,3-4,9,15H2,1-2H3. The van der Waals surface area contributed by atoms with Crippen LogP contribution in [-0.4, -0.2) is 0 Å². The summed E-state index contributed by atoms with van der Waals surface area (Å²) >= 11 is 0. The van der Waals surface area contributed by atoms with Gasteiger partial charge in [0.25, 0.3) is 0 Å². The van der Waals surface area contributed by atoms with Crippen molar-refractivity contribution in [3.8, 4) is 0 Å². The van der Waals surface area contributed by atoms with E-state index < -0.39 is 0 Å². The molecular formula is C14H22N2. The zero-order valence-corrected chi connectivity index (χ0v) is 10.2. The van der Waals surface area contributed by atoms with Crippen LogP contribution in [0.3, 0.4) is 0 Å². The predicted molar refractivity (Wildman–Crippen MR) is 67.9 cm³/mol. The Hall–Kier alpha value is -0.860. The van der Waals surface area contributed by atoms with E-state index in [1.54, 1.807) is 0 Å². The Balaban J connectivity index is 2.05. The van der Waals surface area contributed by atoms with Gasteiger partial charge in [-0.2, -0.15) is 0 Å². The molecule has 0 radical (unpaired) electrons. The highest BCUT2D eigenvalue weighted by Crippen LogP contribution is 2.37. The molecule has 1 fully saturated rings. The molecular weight excluding hydrogens is 196 g/mol. The SMILES string of the molecule is CC(C)c1ccc(C(CC2CC2)NN)cc1. The van der Waals surface area contributed by atoms with Crippen LogP contribution in [0, 0.1) is 5.92 Å². The number of hydrogen-bond acceptors (Lipinski definition) is 2. The Kier molecular flexibility index (Phi) is 3.62. The summed E-state index contributed by atoms with van der Waals surface area (Å²) < 4.78 is 0. The Morgan fingerprint density at radius 1 is 1.19 bits per heavy atom. The van der Waals surface area contributed by atoms with E-state index in [4.69, 9.17) is 5.84 Å². The molecule has 1 aromatic rings. The molecule has 0 aromatic heterocycles. The molecule has 0 spiro atoms. The van der Waals surface area contributed by atoms with E-state index >= 15 is 0 Å². The van der Waals surface area contributed by atoms with Gasteiger partial charge in [-0.3, -0.25) is 11.3 Å². The van der Waals surface area contributed by atoms with Gasteiger partial charge in [-0.05, 0) is 29.4 Å². The van der Waals surface area contributed by atoms with Gasteiger partial charge in [0.05, 0.1) is 0 Å². The minimum atomic E-state index is 0.328. The lowest BCUT2D eigenvalue weighted by atomic mass is 9.97. The smallest absolute Gasteiger partial charge is 0.0462 e. The van der Waals surface area contributed by atoms with E-state index in [0.717, 1.165) is 5.92 Å². The van der Waals surface area contributed by atoms with E-state index in [1.165, 1.54) is 30.4 Å². The third-order valence-electron chi connectivity index (χ3n) is 3.47. The molecule has 0 saturated heterocycles. The second-order valence-electron chi connectivity index (χ2n) is 5.22. The first-order valence-electron chi connectivity index (χ1n) is 6.26. The van der Waals surface area contributed by atoms with Gasteiger partial charge in [-0.15, -0.1) is 0 Å². The minimum absolute atomic E-state index is 0.328. The van der Waals surface area contributed by atoms with Crippen molar-refractivity contribution in [2.24, 2.45) is 11.8 Å². The number of benzene rings is 1. The van der Waals surface area contributed by atoms with Crippen LogP contribution < -0.4 is 11.3 Å². The fourth-order valence-corrected chi connectivity index (χ4v) is 2.10. The zero-order valence-electron chi connectivity index (χ0n) is 10.2. The summed E-state index contributed by atoms with van der Waals surface area (Å²) in [5, 5.41) is 0. The third-order valence-corrected chi connectivity index (χ3v) is 3.47. The monoisotopic (exact) mass is 218 g/mol. The molecule has 2 nitrogen and oxygen atoms in total. The van der Waals surface area contributed by atoms with Crippen molar-refractivity contribution in [2.45, 2.75) is 45.1 Å². The molecule has 0 bridgehead atoms. The fourth-order valence-electron chi connectivity index (χ4n) is 2.10. The van der Waals surface area contributed by atoms with Crippen LogP contribution in [-0.2, 0) is 0 Å². The van der Waals surface area contributed by atoms with Gasteiger partial charge in [0.15, 0.2) is 0 Å². The van der Waals surface area contributed by atoms with Crippen LogP contribution >= 0.6 is 0 Å². The van der Waals surface area contributed by atoms with Gasteiger partial charge in [0.2, 0.25) is 0 Å². The van der Waals surface area contributed by atoms with Crippen molar-refractivity contribution >= 4 is 0 Å². The van der Waals surface area contributed by atoms with Gasteiger partial charge in [-0.1, -0.05) is 51.0 Å². The van der Waals surface area contributed by atoms with Crippen LogP contribution in [0.15, 0.2) is 24.3 Å². The quantitative estimate of drug-likeness (QED) is 0.588. The second kappa shape index (κ2) is 4.98. The van der Waals surface area contributed by atoms with E-state index in [0.29, 0.717) is 12.0 Å². The summed E-state index contributed by atoms with van der Waals surface area (Å²) in [6, 6.07) is 9.19. The van der Waals surface area contributed by atoms with Crippen molar-refractivity contribution in [1.29, 1.82) is 0 Å². The first-order chi connectivity index (χ1) is 7.70. The van der Waals surface area contributed by atoms with Gasteiger partial charge in [0.1, 0.15) is 0 Å². The largest absolute Gasteiger partial charge is 0.271 e. The van der Waals surface area contributed by atoms with Crippen molar-refractivity contribution in [3.05, 3.63) is 35.4 Å². The molecule has 1 aliphatic carbocycles. The third kappa shape index (κ3) is 2.83.